The highest BCUT2D eigenvalue weighted by Gasteiger charge is 2.18. The van der Waals surface area contributed by atoms with Crippen molar-refractivity contribution in [2.75, 3.05) is 0 Å². The smallest absolute Gasteiger partial charge is 0.308 e. The molecule has 0 bridgehead atoms. The third-order valence-corrected chi connectivity index (χ3v) is 3.81. The first-order chi connectivity index (χ1) is 15.1. The maximum Gasteiger partial charge on any atom is 0.308 e. The van der Waals surface area contributed by atoms with Gasteiger partial charge in [0.05, 0.1) is 23.1 Å². The van der Waals surface area contributed by atoms with Crippen molar-refractivity contribution >= 4 is 17.0 Å². The average Bonchev–Trinajstić information content (AvgIpc) is 2.74. The van der Waals surface area contributed by atoms with Crippen molar-refractivity contribution in [3.63, 3.8) is 0 Å². The second-order valence-electron chi connectivity index (χ2n) is 8.59. The SMILES string of the molecule is C.C.C.C.C.CC.CC(C)C(=O)OC(C)(C)C.CC(C)Oc1nc2ccccc2nc1-c1ccccc1. The fraction of sp³-hybridized carbons (Fsp3) is 0.531. The fourth-order valence-corrected chi connectivity index (χ4v) is 2.49. The molecule has 37 heavy (non-hydrogen) atoms. The molecule has 0 aliphatic carbocycles. The van der Waals surface area contributed by atoms with Crippen molar-refractivity contribution < 1.29 is 14.3 Å². The van der Waals surface area contributed by atoms with E-state index in [0.29, 0.717) is 5.88 Å². The van der Waals surface area contributed by atoms with E-state index >= 15 is 0 Å². The summed E-state index contributed by atoms with van der Waals surface area (Å²) in [5.74, 6) is 0.427. The molecular formula is C32H58N2O3. The largest absolute Gasteiger partial charge is 0.473 e. The van der Waals surface area contributed by atoms with Crippen LogP contribution in [0, 0.1) is 5.92 Å². The van der Waals surface area contributed by atoms with Crippen molar-refractivity contribution in [1.82, 2.24) is 9.97 Å². The summed E-state index contributed by atoms with van der Waals surface area (Å²) in [6.45, 7) is 17.2. The maximum atomic E-state index is 10.9. The van der Waals surface area contributed by atoms with E-state index in [1.165, 1.54) is 0 Å². The first-order valence-corrected chi connectivity index (χ1v) is 11.3. The fourth-order valence-electron chi connectivity index (χ4n) is 2.49. The van der Waals surface area contributed by atoms with Crippen LogP contribution in [-0.4, -0.2) is 27.6 Å². The van der Waals surface area contributed by atoms with Gasteiger partial charge in [0.15, 0.2) is 0 Å². The minimum Gasteiger partial charge on any atom is -0.473 e. The molecule has 0 fully saturated rings. The number of fused-ring (bicyclic) bond motifs is 1. The summed E-state index contributed by atoms with van der Waals surface area (Å²) in [5.41, 5.74) is 3.19. The van der Waals surface area contributed by atoms with E-state index in [4.69, 9.17) is 14.5 Å². The number of rotatable bonds is 4. The van der Waals surface area contributed by atoms with Crippen molar-refractivity contribution in [2.45, 2.75) is 111 Å². The Balaban J connectivity index is -0.000000177. The molecule has 0 saturated heterocycles. The van der Waals surface area contributed by atoms with E-state index in [1.807, 2.05) is 117 Å². The lowest BCUT2D eigenvalue weighted by molar-refractivity contribution is -0.158. The molecule has 214 valence electrons. The number of esters is 1. The lowest BCUT2D eigenvalue weighted by Crippen LogP contribution is -2.26. The molecule has 0 atom stereocenters. The van der Waals surface area contributed by atoms with E-state index in [2.05, 4.69) is 4.98 Å². The molecule has 5 heteroatoms. The second-order valence-corrected chi connectivity index (χ2v) is 8.59. The minimum atomic E-state index is -0.346. The van der Waals surface area contributed by atoms with E-state index in [-0.39, 0.29) is 60.7 Å². The van der Waals surface area contributed by atoms with Gasteiger partial charge in [-0.15, -0.1) is 0 Å². The number of aromatic nitrogens is 2. The van der Waals surface area contributed by atoms with E-state index in [9.17, 15) is 4.79 Å². The molecule has 1 heterocycles. The number of nitrogens with zero attached hydrogens (tertiary/aromatic N) is 2. The predicted molar refractivity (Wildman–Crippen MR) is 166 cm³/mol. The van der Waals surface area contributed by atoms with Crippen LogP contribution in [0.4, 0.5) is 0 Å². The van der Waals surface area contributed by atoms with Crippen LogP contribution in [0.1, 0.15) is 99.4 Å². The first-order valence-electron chi connectivity index (χ1n) is 11.3. The lowest BCUT2D eigenvalue weighted by atomic mass is 10.1. The zero-order valence-corrected chi connectivity index (χ0v) is 21.0. The standard InChI is InChI=1S/C17H16N2O.C8H16O2.C2H6.5CH4/c1-12(2)20-17-16(13-8-4-3-5-9-13)18-14-10-6-7-11-15(14)19-17;1-6(2)7(9)10-8(3,4)5;1-2;;;;;/h3-12H,1-2H3;6H,1-5H3;1-2H3;5*1H4. The summed E-state index contributed by atoms with van der Waals surface area (Å²) in [6, 6.07) is 17.8. The van der Waals surface area contributed by atoms with Crippen LogP contribution in [0.25, 0.3) is 22.3 Å². The molecule has 0 aliphatic heterocycles. The van der Waals surface area contributed by atoms with Gasteiger partial charge < -0.3 is 9.47 Å². The Morgan fingerprint density at radius 2 is 1.16 bits per heavy atom. The normalized spacial score (nSPS) is 9.27. The molecule has 5 nitrogen and oxygen atoms in total. The number of hydrogen-bond donors (Lipinski definition) is 0. The molecule has 0 N–H and O–H groups in total. The monoisotopic (exact) mass is 518 g/mol. The van der Waals surface area contributed by atoms with Gasteiger partial charge in [-0.05, 0) is 46.8 Å². The highest BCUT2D eigenvalue weighted by atomic mass is 16.6. The van der Waals surface area contributed by atoms with Crippen LogP contribution >= 0.6 is 0 Å². The molecule has 0 unspecified atom stereocenters. The van der Waals surface area contributed by atoms with Crippen molar-refractivity contribution in [1.29, 1.82) is 0 Å². The van der Waals surface area contributed by atoms with E-state index in [1.54, 1.807) is 0 Å². The van der Waals surface area contributed by atoms with Gasteiger partial charge in [-0.1, -0.05) is 107 Å². The molecule has 1 aromatic heterocycles. The van der Waals surface area contributed by atoms with Crippen molar-refractivity contribution in [2.24, 2.45) is 5.92 Å². The summed E-state index contributed by atoms with van der Waals surface area (Å²) in [5, 5.41) is 0. The van der Waals surface area contributed by atoms with Crippen LogP contribution in [0.5, 0.6) is 5.88 Å². The number of hydrogen-bond acceptors (Lipinski definition) is 5. The number of carbonyl (C=O) groups is 1. The third kappa shape index (κ3) is 15.7. The number of para-hydroxylation sites is 2. The topological polar surface area (TPSA) is 61.3 Å². The van der Waals surface area contributed by atoms with Gasteiger partial charge >= 0.3 is 5.97 Å². The quantitative estimate of drug-likeness (QED) is 0.321. The Morgan fingerprint density at radius 3 is 1.54 bits per heavy atom. The summed E-state index contributed by atoms with van der Waals surface area (Å²) in [7, 11) is 0. The number of benzene rings is 2. The van der Waals surface area contributed by atoms with E-state index < -0.39 is 0 Å². The molecule has 0 spiro atoms. The average molecular weight is 519 g/mol. The van der Waals surface area contributed by atoms with Crippen LogP contribution in [0.2, 0.25) is 0 Å². The first kappa shape index (κ1) is 44.1. The van der Waals surface area contributed by atoms with Gasteiger partial charge in [-0.2, -0.15) is 0 Å². The molecule has 2 aromatic carbocycles. The van der Waals surface area contributed by atoms with Gasteiger partial charge in [-0.25, -0.2) is 9.97 Å². The summed E-state index contributed by atoms with van der Waals surface area (Å²) < 4.78 is 10.9. The molecule has 0 aliphatic rings. The highest BCUT2D eigenvalue weighted by molar-refractivity contribution is 5.79. The number of carbonyl (C=O) groups excluding carboxylic acids is 1. The summed E-state index contributed by atoms with van der Waals surface area (Å²) >= 11 is 0. The van der Waals surface area contributed by atoms with Crippen LogP contribution < -0.4 is 4.74 Å². The van der Waals surface area contributed by atoms with Gasteiger partial charge in [0.1, 0.15) is 11.3 Å². The van der Waals surface area contributed by atoms with Gasteiger partial charge in [0.2, 0.25) is 5.88 Å². The predicted octanol–water partition coefficient (Wildman–Crippen LogP) is 10.3. The molecule has 3 rings (SSSR count). The molecule has 3 aromatic rings. The van der Waals surface area contributed by atoms with Crippen molar-refractivity contribution in [3.8, 4) is 17.1 Å². The van der Waals surface area contributed by atoms with Crippen LogP contribution in [0.3, 0.4) is 0 Å². The van der Waals surface area contributed by atoms with Gasteiger partial charge in [-0.3, -0.25) is 4.79 Å². The minimum absolute atomic E-state index is 0. The maximum absolute atomic E-state index is 10.9. The van der Waals surface area contributed by atoms with E-state index in [0.717, 1.165) is 22.3 Å². The van der Waals surface area contributed by atoms with Crippen LogP contribution in [-0.2, 0) is 9.53 Å². The Kier molecular flexibility index (Phi) is 25.2. The van der Waals surface area contributed by atoms with Crippen molar-refractivity contribution in [3.05, 3.63) is 54.6 Å². The summed E-state index contributed by atoms with van der Waals surface area (Å²) in [6.07, 6.45) is 0.0629. The Morgan fingerprint density at radius 1 is 0.730 bits per heavy atom. The van der Waals surface area contributed by atoms with Gasteiger partial charge in [0.25, 0.3) is 0 Å². The Hall–Kier alpha value is -2.95. The van der Waals surface area contributed by atoms with Gasteiger partial charge in [0, 0.05) is 5.56 Å². The highest BCUT2D eigenvalue weighted by Crippen LogP contribution is 2.29. The molecular weight excluding hydrogens is 460 g/mol. The Bertz CT molecular complexity index is 963. The molecule has 0 amide bonds. The molecule has 0 saturated carbocycles. The van der Waals surface area contributed by atoms with Crippen LogP contribution in [0.15, 0.2) is 54.6 Å². The third-order valence-electron chi connectivity index (χ3n) is 3.81. The Labute approximate surface area is 230 Å². The zero-order valence-electron chi connectivity index (χ0n) is 21.0. The zero-order chi connectivity index (χ0) is 24.3. The number of ether oxygens (including phenoxy) is 2. The summed E-state index contributed by atoms with van der Waals surface area (Å²) in [4.78, 5) is 20.3. The second kappa shape index (κ2) is 21.2. The lowest BCUT2D eigenvalue weighted by Gasteiger charge is -2.20. The molecule has 0 radical (unpaired) electrons.